The molecule has 0 aliphatic carbocycles. The fourth-order valence-corrected chi connectivity index (χ4v) is 3.11. The second kappa shape index (κ2) is 7.27. The van der Waals surface area contributed by atoms with Gasteiger partial charge in [0.05, 0.1) is 5.69 Å². The molecule has 0 spiro atoms. The summed E-state index contributed by atoms with van der Waals surface area (Å²) < 4.78 is 1.77. The molecule has 24 heavy (non-hydrogen) atoms. The lowest BCUT2D eigenvalue weighted by molar-refractivity contribution is 0.251. The van der Waals surface area contributed by atoms with Crippen LogP contribution in [0, 0.1) is 0 Å². The lowest BCUT2D eigenvalue weighted by Crippen LogP contribution is -2.28. The Morgan fingerprint density at radius 2 is 2.25 bits per heavy atom. The smallest absolute Gasteiger partial charge is 0.319 e. The van der Waals surface area contributed by atoms with Gasteiger partial charge in [-0.2, -0.15) is 5.10 Å². The minimum absolute atomic E-state index is 0.239. The van der Waals surface area contributed by atoms with Crippen LogP contribution in [0.25, 0.3) is 10.6 Å². The third kappa shape index (κ3) is 3.80. The highest BCUT2D eigenvalue weighted by Crippen LogP contribution is 2.24. The van der Waals surface area contributed by atoms with Crippen molar-refractivity contribution in [2.24, 2.45) is 7.05 Å². The molecule has 124 valence electrons. The molecular formula is C17H19N5OS. The summed E-state index contributed by atoms with van der Waals surface area (Å²) in [5.41, 5.74) is 3.76. The number of hydrogen-bond donors (Lipinski definition) is 2. The number of carbonyl (C=O) groups is 1. The topological polar surface area (TPSA) is 71.8 Å². The zero-order chi connectivity index (χ0) is 16.9. The van der Waals surface area contributed by atoms with Gasteiger partial charge >= 0.3 is 6.03 Å². The molecule has 0 saturated heterocycles. The Balaban J connectivity index is 1.62. The van der Waals surface area contributed by atoms with E-state index in [1.54, 1.807) is 22.2 Å². The number of urea groups is 1. The zero-order valence-corrected chi connectivity index (χ0v) is 14.4. The van der Waals surface area contributed by atoms with E-state index in [-0.39, 0.29) is 6.03 Å². The van der Waals surface area contributed by atoms with E-state index in [1.807, 2.05) is 42.9 Å². The molecule has 6 nitrogen and oxygen atoms in total. The molecule has 7 heteroatoms. The summed E-state index contributed by atoms with van der Waals surface area (Å²) in [6.45, 7) is 2.50. The van der Waals surface area contributed by atoms with Crippen LogP contribution in [0.3, 0.4) is 0 Å². The molecule has 1 aromatic carbocycles. The maximum atomic E-state index is 12.1. The van der Waals surface area contributed by atoms with Gasteiger partial charge in [-0.1, -0.05) is 19.1 Å². The molecule has 3 aromatic rings. The molecule has 0 aliphatic rings. The molecule has 0 atom stereocenters. The molecular weight excluding hydrogens is 322 g/mol. The molecule has 2 aromatic heterocycles. The normalized spacial score (nSPS) is 10.6. The summed E-state index contributed by atoms with van der Waals surface area (Å²) in [5.74, 6) is 0. The Kier molecular flexibility index (Phi) is 4.90. The van der Waals surface area contributed by atoms with E-state index in [2.05, 4.69) is 27.6 Å². The number of thiazole rings is 1. The lowest BCUT2D eigenvalue weighted by atomic mass is 10.2. The highest BCUT2D eigenvalue weighted by Gasteiger charge is 2.08. The number of rotatable bonds is 5. The standard InChI is InChI=1S/C17H19N5OS/c1-3-15-13(11-22(2)21-15)10-19-17(23)20-14-6-4-5-12(9-14)16-18-7-8-24-16/h4-9,11H,3,10H2,1-2H3,(H2,19,20,23). The van der Waals surface area contributed by atoms with E-state index in [0.717, 1.165) is 33.9 Å². The molecule has 2 amide bonds. The van der Waals surface area contributed by atoms with E-state index in [1.165, 1.54) is 0 Å². The molecule has 0 radical (unpaired) electrons. The van der Waals surface area contributed by atoms with Gasteiger partial charge in [-0.25, -0.2) is 9.78 Å². The van der Waals surface area contributed by atoms with Crippen LogP contribution >= 0.6 is 11.3 Å². The van der Waals surface area contributed by atoms with Gasteiger partial charge in [0.15, 0.2) is 0 Å². The van der Waals surface area contributed by atoms with Gasteiger partial charge in [0.2, 0.25) is 0 Å². The minimum Gasteiger partial charge on any atom is -0.334 e. The van der Waals surface area contributed by atoms with Crippen LogP contribution < -0.4 is 10.6 Å². The van der Waals surface area contributed by atoms with Crippen molar-refractivity contribution in [2.45, 2.75) is 19.9 Å². The number of amides is 2. The Hall–Kier alpha value is -2.67. The third-order valence-electron chi connectivity index (χ3n) is 3.57. The summed E-state index contributed by atoms with van der Waals surface area (Å²) in [5, 5.41) is 13.0. The average molecular weight is 341 g/mol. The molecule has 0 bridgehead atoms. The monoisotopic (exact) mass is 341 g/mol. The first kappa shape index (κ1) is 16.2. The highest BCUT2D eigenvalue weighted by atomic mass is 32.1. The number of anilines is 1. The summed E-state index contributed by atoms with van der Waals surface area (Å²) in [7, 11) is 1.88. The lowest BCUT2D eigenvalue weighted by Gasteiger charge is -2.08. The van der Waals surface area contributed by atoms with Crippen molar-refractivity contribution in [2.75, 3.05) is 5.32 Å². The highest BCUT2D eigenvalue weighted by molar-refractivity contribution is 7.13. The summed E-state index contributed by atoms with van der Waals surface area (Å²) in [6.07, 6.45) is 4.55. The van der Waals surface area contributed by atoms with Crippen molar-refractivity contribution in [3.8, 4) is 10.6 Å². The van der Waals surface area contributed by atoms with E-state index in [4.69, 9.17) is 0 Å². The molecule has 0 saturated carbocycles. The van der Waals surface area contributed by atoms with Gasteiger partial charge in [-0.15, -0.1) is 11.3 Å². The van der Waals surface area contributed by atoms with Crippen LogP contribution in [0.15, 0.2) is 42.0 Å². The molecule has 2 heterocycles. The second-order valence-electron chi connectivity index (χ2n) is 5.35. The van der Waals surface area contributed by atoms with Gasteiger partial charge < -0.3 is 10.6 Å². The van der Waals surface area contributed by atoms with Crippen LogP contribution in [-0.4, -0.2) is 20.8 Å². The summed E-state index contributed by atoms with van der Waals surface area (Å²) in [4.78, 5) is 16.4. The number of nitrogens with one attached hydrogen (secondary N) is 2. The average Bonchev–Trinajstić information content (AvgIpc) is 3.22. The van der Waals surface area contributed by atoms with Crippen molar-refractivity contribution in [3.05, 3.63) is 53.3 Å². The minimum atomic E-state index is -0.239. The second-order valence-corrected chi connectivity index (χ2v) is 6.25. The first-order chi connectivity index (χ1) is 11.7. The van der Waals surface area contributed by atoms with Crippen molar-refractivity contribution in [1.29, 1.82) is 0 Å². The van der Waals surface area contributed by atoms with Crippen molar-refractivity contribution in [3.63, 3.8) is 0 Å². The Morgan fingerprint density at radius 3 is 3.00 bits per heavy atom. The SMILES string of the molecule is CCc1nn(C)cc1CNC(=O)Nc1cccc(-c2nccs2)c1. The number of aromatic nitrogens is 3. The van der Waals surface area contributed by atoms with E-state index < -0.39 is 0 Å². The molecule has 3 rings (SSSR count). The van der Waals surface area contributed by atoms with Crippen LogP contribution in [0.4, 0.5) is 10.5 Å². The Bertz CT molecular complexity index is 825. The zero-order valence-electron chi connectivity index (χ0n) is 13.6. The number of benzene rings is 1. The van der Waals surface area contributed by atoms with Crippen LogP contribution in [0.2, 0.25) is 0 Å². The largest absolute Gasteiger partial charge is 0.334 e. The first-order valence-corrected chi connectivity index (χ1v) is 8.60. The van der Waals surface area contributed by atoms with E-state index >= 15 is 0 Å². The number of nitrogens with zero attached hydrogens (tertiary/aromatic N) is 3. The molecule has 0 aliphatic heterocycles. The van der Waals surface area contributed by atoms with Gasteiger partial charge in [0, 0.05) is 48.2 Å². The van der Waals surface area contributed by atoms with Gasteiger partial charge in [-0.3, -0.25) is 4.68 Å². The molecule has 2 N–H and O–H groups in total. The van der Waals surface area contributed by atoms with Gasteiger partial charge in [-0.05, 0) is 18.6 Å². The van der Waals surface area contributed by atoms with Crippen molar-refractivity contribution >= 4 is 23.1 Å². The molecule has 0 unspecified atom stereocenters. The first-order valence-electron chi connectivity index (χ1n) is 7.72. The Morgan fingerprint density at radius 1 is 1.38 bits per heavy atom. The fourth-order valence-electron chi connectivity index (χ4n) is 2.48. The maximum Gasteiger partial charge on any atom is 0.319 e. The Labute approximate surface area is 144 Å². The van der Waals surface area contributed by atoms with Gasteiger partial charge in [0.25, 0.3) is 0 Å². The van der Waals surface area contributed by atoms with Crippen LogP contribution in [0.1, 0.15) is 18.2 Å². The number of carbonyl (C=O) groups excluding carboxylic acids is 1. The van der Waals surface area contributed by atoms with E-state index in [0.29, 0.717) is 6.54 Å². The maximum absolute atomic E-state index is 12.1. The third-order valence-corrected chi connectivity index (χ3v) is 4.39. The number of aryl methyl sites for hydroxylation is 2. The quantitative estimate of drug-likeness (QED) is 0.747. The predicted octanol–water partition coefficient (Wildman–Crippen LogP) is 3.43. The fraction of sp³-hybridized carbons (Fsp3) is 0.235. The summed E-state index contributed by atoms with van der Waals surface area (Å²) >= 11 is 1.57. The molecule has 0 fully saturated rings. The van der Waals surface area contributed by atoms with Gasteiger partial charge in [0.1, 0.15) is 5.01 Å². The van der Waals surface area contributed by atoms with Crippen molar-refractivity contribution in [1.82, 2.24) is 20.1 Å². The predicted molar refractivity (Wildman–Crippen MR) is 96.0 cm³/mol. The van der Waals surface area contributed by atoms with Crippen molar-refractivity contribution < 1.29 is 4.79 Å². The van der Waals surface area contributed by atoms with Crippen LogP contribution in [0.5, 0.6) is 0 Å². The number of hydrogen-bond acceptors (Lipinski definition) is 4. The van der Waals surface area contributed by atoms with Crippen LogP contribution in [-0.2, 0) is 20.0 Å². The summed E-state index contributed by atoms with van der Waals surface area (Å²) in [6, 6.07) is 7.42. The van der Waals surface area contributed by atoms with E-state index in [9.17, 15) is 4.79 Å².